The Morgan fingerprint density at radius 3 is 3.07 bits per heavy atom. The van der Waals surface area contributed by atoms with Gasteiger partial charge in [-0.05, 0) is 0 Å². The first-order chi connectivity index (χ1) is 6.77. The molecule has 6 nitrogen and oxygen atoms in total. The number of hydrogen-bond donors (Lipinski definition) is 1. The van der Waals surface area contributed by atoms with Gasteiger partial charge >= 0.3 is 0 Å². The fraction of sp³-hybridized carbons (Fsp3) is 0.333. The molecule has 0 saturated carbocycles. The highest BCUT2D eigenvalue weighted by molar-refractivity contribution is 7.09. The van der Waals surface area contributed by atoms with Gasteiger partial charge in [-0.1, -0.05) is 5.16 Å². The van der Waals surface area contributed by atoms with Gasteiger partial charge in [0.05, 0.1) is 5.88 Å². The van der Waals surface area contributed by atoms with Crippen LogP contribution in [-0.4, -0.2) is 33.8 Å². The zero-order chi connectivity index (χ0) is 10.4. The van der Waals surface area contributed by atoms with Gasteiger partial charge < -0.3 is 10.6 Å². The van der Waals surface area contributed by atoms with E-state index >= 15 is 0 Å². The Morgan fingerprint density at radius 2 is 2.57 bits per heavy atom. The van der Waals surface area contributed by atoms with Gasteiger partial charge in [0.15, 0.2) is 23.0 Å². The molecule has 0 unspecified atom stereocenters. The van der Waals surface area contributed by atoms with Crippen LogP contribution in [0.25, 0.3) is 0 Å². The molecule has 1 aromatic heterocycles. The molecule has 14 heavy (non-hydrogen) atoms. The van der Waals surface area contributed by atoms with Crippen molar-refractivity contribution in [2.24, 2.45) is 5.16 Å². The normalized spacial score (nSPS) is 11.4. The summed E-state index contributed by atoms with van der Waals surface area (Å²) in [6.45, 7) is 0.221. The maximum atomic E-state index is 10.5. The number of nitrogen functional groups attached to an aromatic ring is 1. The molecule has 2 N–H and O–H groups in total. The fourth-order valence-electron chi connectivity index (χ4n) is 0.604. The molecule has 8 heteroatoms. The number of nitrogens with two attached hydrogens (primary N) is 1. The summed E-state index contributed by atoms with van der Waals surface area (Å²) >= 11 is 6.33. The largest absolute Gasteiger partial charge is 0.394 e. The molecule has 1 heterocycles. The molecule has 0 fully saturated rings. The quantitative estimate of drug-likeness (QED) is 0.260. The van der Waals surface area contributed by atoms with Gasteiger partial charge in [-0.25, -0.2) is 0 Å². The van der Waals surface area contributed by atoms with Crippen LogP contribution in [0, 0.1) is 0 Å². The molecule has 0 spiro atoms. The Bertz CT molecular complexity index is 340. The lowest BCUT2D eigenvalue weighted by atomic mass is 10.4. The zero-order valence-corrected chi connectivity index (χ0v) is 8.59. The van der Waals surface area contributed by atoms with Gasteiger partial charge in [-0.3, -0.25) is 4.79 Å². The van der Waals surface area contributed by atoms with Crippen molar-refractivity contribution in [2.45, 2.75) is 0 Å². The molecule has 0 aliphatic rings. The maximum Gasteiger partial charge on any atom is 0.200 e. The molecular formula is C6H7ClN4O2S. The molecular weight excluding hydrogens is 228 g/mol. The van der Waals surface area contributed by atoms with Crippen LogP contribution in [0.15, 0.2) is 5.16 Å². The van der Waals surface area contributed by atoms with Crippen LogP contribution in [-0.2, 0) is 9.63 Å². The number of oxime groups is 1. The number of carbonyl (C=O) groups is 1. The van der Waals surface area contributed by atoms with Gasteiger partial charge in [0, 0.05) is 11.5 Å². The third-order valence-electron chi connectivity index (χ3n) is 1.11. The standard InChI is InChI=1S/C6H7ClN4O2S/c7-1-2-13-10-4(3-12)5-9-6(8)14-11-5/h3H,1-2H2,(H2,8,9,11)/b10-4+. The Labute approximate surface area is 88.9 Å². The molecule has 1 aromatic rings. The van der Waals surface area contributed by atoms with E-state index < -0.39 is 0 Å². The van der Waals surface area contributed by atoms with E-state index in [1.807, 2.05) is 0 Å². The molecule has 0 atom stereocenters. The van der Waals surface area contributed by atoms with Gasteiger partial charge in [-0.15, -0.1) is 11.6 Å². The minimum absolute atomic E-state index is 0.00284. The van der Waals surface area contributed by atoms with Crippen molar-refractivity contribution in [1.82, 2.24) is 9.36 Å². The first-order valence-corrected chi connectivity index (χ1v) is 4.89. The third kappa shape index (κ3) is 2.93. The average Bonchev–Trinajstić information content (AvgIpc) is 2.60. The van der Waals surface area contributed by atoms with E-state index in [2.05, 4.69) is 14.5 Å². The predicted octanol–water partition coefficient (Wildman–Crippen LogP) is 0.279. The average molecular weight is 235 g/mol. The maximum absolute atomic E-state index is 10.5. The Hall–Kier alpha value is -1.21. The second-order valence-electron chi connectivity index (χ2n) is 2.07. The van der Waals surface area contributed by atoms with Crippen molar-refractivity contribution in [1.29, 1.82) is 0 Å². The Morgan fingerprint density at radius 1 is 1.79 bits per heavy atom. The summed E-state index contributed by atoms with van der Waals surface area (Å²) < 4.78 is 3.80. The van der Waals surface area contributed by atoms with Crippen molar-refractivity contribution < 1.29 is 9.63 Å². The lowest BCUT2D eigenvalue weighted by Gasteiger charge is -1.94. The topological polar surface area (TPSA) is 90.5 Å². The van der Waals surface area contributed by atoms with E-state index in [9.17, 15) is 4.79 Å². The highest BCUT2D eigenvalue weighted by Gasteiger charge is 2.09. The van der Waals surface area contributed by atoms with Crippen LogP contribution in [0.4, 0.5) is 5.13 Å². The smallest absolute Gasteiger partial charge is 0.200 e. The highest BCUT2D eigenvalue weighted by atomic mass is 35.5. The minimum Gasteiger partial charge on any atom is -0.394 e. The van der Waals surface area contributed by atoms with E-state index in [4.69, 9.17) is 22.2 Å². The highest BCUT2D eigenvalue weighted by Crippen LogP contribution is 2.05. The van der Waals surface area contributed by atoms with E-state index in [0.717, 1.165) is 11.5 Å². The number of nitrogens with zero attached hydrogens (tertiary/aromatic N) is 3. The van der Waals surface area contributed by atoms with Crippen LogP contribution in [0.5, 0.6) is 0 Å². The monoisotopic (exact) mass is 234 g/mol. The number of alkyl halides is 1. The lowest BCUT2D eigenvalue weighted by molar-refractivity contribution is -0.102. The van der Waals surface area contributed by atoms with Crippen LogP contribution in [0.1, 0.15) is 5.82 Å². The summed E-state index contributed by atoms with van der Waals surface area (Å²) in [6, 6.07) is 0. The molecule has 0 saturated heterocycles. The summed E-state index contributed by atoms with van der Waals surface area (Å²) in [4.78, 5) is 19.0. The van der Waals surface area contributed by atoms with Crippen molar-refractivity contribution in [2.75, 3.05) is 18.2 Å². The van der Waals surface area contributed by atoms with E-state index in [1.54, 1.807) is 0 Å². The van der Waals surface area contributed by atoms with Gasteiger partial charge in [-0.2, -0.15) is 9.36 Å². The van der Waals surface area contributed by atoms with Crippen molar-refractivity contribution in [3.8, 4) is 0 Å². The summed E-state index contributed by atoms with van der Waals surface area (Å²) in [5.41, 5.74) is 5.34. The van der Waals surface area contributed by atoms with E-state index in [-0.39, 0.29) is 23.3 Å². The van der Waals surface area contributed by atoms with Crippen LogP contribution in [0.2, 0.25) is 0 Å². The Kier molecular flexibility index (Phi) is 4.27. The van der Waals surface area contributed by atoms with E-state index in [1.165, 1.54) is 0 Å². The molecule has 76 valence electrons. The summed E-state index contributed by atoms with van der Waals surface area (Å²) in [5, 5.41) is 3.78. The summed E-state index contributed by atoms with van der Waals surface area (Å²) in [5.74, 6) is 0.458. The van der Waals surface area contributed by atoms with Crippen molar-refractivity contribution in [3.63, 3.8) is 0 Å². The number of halogens is 1. The SMILES string of the molecule is Nc1nc(/C(C=O)=N/OCCCl)ns1. The molecule has 0 aliphatic carbocycles. The molecule has 0 amide bonds. The third-order valence-corrected chi connectivity index (χ3v) is 1.81. The van der Waals surface area contributed by atoms with Crippen LogP contribution in [0.3, 0.4) is 0 Å². The van der Waals surface area contributed by atoms with Gasteiger partial charge in [0.25, 0.3) is 0 Å². The van der Waals surface area contributed by atoms with Crippen LogP contribution < -0.4 is 5.73 Å². The van der Waals surface area contributed by atoms with E-state index in [0.29, 0.717) is 12.2 Å². The molecule has 0 bridgehead atoms. The number of hydrogen-bond acceptors (Lipinski definition) is 7. The van der Waals surface area contributed by atoms with Crippen LogP contribution >= 0.6 is 23.1 Å². The van der Waals surface area contributed by atoms with Gasteiger partial charge in [0.2, 0.25) is 0 Å². The first kappa shape index (κ1) is 10.9. The van der Waals surface area contributed by atoms with Crippen molar-refractivity contribution >= 4 is 40.3 Å². The second kappa shape index (κ2) is 5.51. The number of aldehydes is 1. The Balaban J connectivity index is 2.71. The molecule has 0 radical (unpaired) electrons. The first-order valence-electron chi connectivity index (χ1n) is 3.58. The number of rotatable bonds is 5. The van der Waals surface area contributed by atoms with Crippen molar-refractivity contribution in [3.05, 3.63) is 5.82 Å². The summed E-state index contributed by atoms with van der Waals surface area (Å²) in [6.07, 6.45) is 0.496. The minimum atomic E-state index is 0.00284. The fourth-order valence-corrected chi connectivity index (χ4v) is 1.11. The van der Waals surface area contributed by atoms with Gasteiger partial charge in [0.1, 0.15) is 6.61 Å². The predicted molar refractivity (Wildman–Crippen MR) is 53.6 cm³/mol. The number of anilines is 1. The second-order valence-corrected chi connectivity index (χ2v) is 3.23. The zero-order valence-electron chi connectivity index (χ0n) is 7.01. The number of aromatic nitrogens is 2. The molecule has 0 aromatic carbocycles. The molecule has 1 rings (SSSR count). The lowest BCUT2D eigenvalue weighted by Crippen LogP contribution is -2.06. The number of carbonyl (C=O) groups excluding carboxylic acids is 1. The molecule has 0 aliphatic heterocycles. The summed E-state index contributed by atoms with van der Waals surface area (Å²) in [7, 11) is 0.